The summed E-state index contributed by atoms with van der Waals surface area (Å²) in [6.07, 6.45) is 0. The third kappa shape index (κ3) is 5.96. The largest absolute Gasteiger partial charge is 0.310 e. The fourth-order valence-electron chi connectivity index (χ4n) is 6.66. The topological polar surface area (TPSA) is 3.24 Å². The van der Waals surface area contributed by atoms with Crippen LogP contribution >= 0.6 is 0 Å². The molecule has 0 radical (unpaired) electrons. The van der Waals surface area contributed by atoms with Crippen LogP contribution < -0.4 is 4.90 Å². The summed E-state index contributed by atoms with van der Waals surface area (Å²) in [5.74, 6) is 0. The molecule has 0 aliphatic heterocycles. The highest BCUT2D eigenvalue weighted by molar-refractivity contribution is 6.00. The minimum absolute atomic E-state index is 0.109. The first kappa shape index (κ1) is 22.8. The van der Waals surface area contributed by atoms with Crippen LogP contribution in [0.5, 0.6) is 0 Å². The van der Waals surface area contributed by atoms with Gasteiger partial charge < -0.3 is 4.90 Å². The van der Waals surface area contributed by atoms with Gasteiger partial charge in [-0.3, -0.25) is 0 Å². The summed E-state index contributed by atoms with van der Waals surface area (Å²) < 4.78 is 75.5. The monoisotopic (exact) mass is 657 g/mol. The summed E-state index contributed by atoms with van der Waals surface area (Å²) >= 11 is 0. The van der Waals surface area contributed by atoms with Gasteiger partial charge in [0, 0.05) is 16.8 Å². The molecule has 9 aromatic carbocycles. The van der Waals surface area contributed by atoms with Gasteiger partial charge in [-0.2, -0.15) is 0 Å². The number of hydrogen-bond donors (Lipinski definition) is 0. The highest BCUT2D eigenvalue weighted by Gasteiger charge is 2.16. The Morgan fingerprint density at radius 2 is 0.765 bits per heavy atom. The molecule has 0 unspecified atom stereocenters. The summed E-state index contributed by atoms with van der Waals surface area (Å²) in [6.45, 7) is 0. The lowest BCUT2D eigenvalue weighted by molar-refractivity contribution is 1.30. The lowest BCUT2D eigenvalue weighted by Gasteiger charge is -2.27. The summed E-state index contributed by atoms with van der Waals surface area (Å²) in [4.78, 5) is 1.38. The Labute approximate surface area is 310 Å². The molecular weight excluding hydrogens is 615 g/mol. The van der Waals surface area contributed by atoms with Crippen LogP contribution in [-0.2, 0) is 0 Å². The Kier molecular flexibility index (Phi) is 5.96. The zero-order valence-electron chi connectivity index (χ0n) is 35.5. The minimum atomic E-state index is -0.387. The molecule has 51 heavy (non-hydrogen) atoms. The molecule has 9 aromatic rings. The SMILES string of the molecule is [2H]c1c([2H])c(N(c2c([2H])c([2H])c(-c3cccc(-c4cccc5ccccc45)c3)c([2H])c2[2H])c2cccc3ccccc23)c([2H])c([2H])c1-c1ccc(-c2ccccc2)cc1. The molecule has 0 bridgehead atoms. The summed E-state index contributed by atoms with van der Waals surface area (Å²) in [7, 11) is 0. The predicted molar refractivity (Wildman–Crippen MR) is 218 cm³/mol. The normalized spacial score (nSPS) is 13.3. The van der Waals surface area contributed by atoms with Crippen LogP contribution in [0.4, 0.5) is 17.1 Å². The highest BCUT2D eigenvalue weighted by Crippen LogP contribution is 2.41. The molecular formula is C50H35N. The van der Waals surface area contributed by atoms with Gasteiger partial charge >= 0.3 is 0 Å². The van der Waals surface area contributed by atoms with E-state index in [-0.39, 0.29) is 70.8 Å². The molecule has 0 heterocycles. The van der Waals surface area contributed by atoms with E-state index in [1.165, 1.54) is 4.90 Å². The van der Waals surface area contributed by atoms with Gasteiger partial charge in [0.25, 0.3) is 0 Å². The quantitative estimate of drug-likeness (QED) is 0.165. The number of hydrogen-bond acceptors (Lipinski definition) is 1. The number of nitrogens with zero attached hydrogens (tertiary/aromatic N) is 1. The van der Waals surface area contributed by atoms with Crippen LogP contribution in [0, 0.1) is 0 Å². The Morgan fingerprint density at radius 1 is 0.314 bits per heavy atom. The molecule has 0 spiro atoms. The van der Waals surface area contributed by atoms with Crippen molar-refractivity contribution in [2.24, 2.45) is 0 Å². The molecule has 9 rings (SSSR count). The molecule has 0 saturated carbocycles. The second-order valence-corrected chi connectivity index (χ2v) is 12.3. The molecule has 0 saturated heterocycles. The number of rotatable bonds is 7. The van der Waals surface area contributed by atoms with E-state index in [1.807, 2.05) is 133 Å². The Morgan fingerprint density at radius 3 is 1.45 bits per heavy atom. The maximum Gasteiger partial charge on any atom is 0.0645 e. The molecule has 0 amide bonds. The van der Waals surface area contributed by atoms with Gasteiger partial charge in [0.05, 0.1) is 16.7 Å². The van der Waals surface area contributed by atoms with Gasteiger partial charge in [-0.1, -0.05) is 176 Å². The second-order valence-electron chi connectivity index (χ2n) is 12.3. The third-order valence-electron chi connectivity index (χ3n) is 9.21. The molecule has 0 N–H and O–H groups in total. The van der Waals surface area contributed by atoms with E-state index in [0.717, 1.165) is 38.4 Å². The molecule has 0 aliphatic carbocycles. The summed E-state index contributed by atoms with van der Waals surface area (Å²) in [5.41, 5.74) is 5.01. The number of anilines is 3. The third-order valence-corrected chi connectivity index (χ3v) is 9.21. The van der Waals surface area contributed by atoms with Gasteiger partial charge in [-0.15, -0.1) is 0 Å². The molecule has 0 fully saturated rings. The molecule has 0 atom stereocenters. The van der Waals surface area contributed by atoms with Crippen LogP contribution in [0.2, 0.25) is 0 Å². The molecule has 0 aliphatic rings. The predicted octanol–water partition coefficient (Wildman–Crippen LogP) is 14.1. The zero-order chi connectivity index (χ0) is 40.9. The summed E-state index contributed by atoms with van der Waals surface area (Å²) in [6, 6.07) is 48.8. The fraction of sp³-hybridized carbons (Fsp3) is 0. The zero-order valence-corrected chi connectivity index (χ0v) is 27.5. The standard InChI is InChI=1S/C50H35N/c1-2-11-36(12-3-1)37-23-25-38(26-24-37)39-27-31-45(32-28-39)51(50-22-10-16-42-14-5-7-20-49(42)50)46-33-29-40(30-34-46)43-17-8-18-44(35-43)48-21-9-15-41-13-4-6-19-47(41)48/h1-35H/i27D,28D,29D,30D,31D,32D,33D,34D. The van der Waals surface area contributed by atoms with Crippen molar-refractivity contribution in [3.8, 4) is 44.5 Å². The van der Waals surface area contributed by atoms with Crippen molar-refractivity contribution in [3.63, 3.8) is 0 Å². The maximum absolute atomic E-state index is 9.55. The minimum Gasteiger partial charge on any atom is -0.310 e. The van der Waals surface area contributed by atoms with Gasteiger partial charge in [0.1, 0.15) is 0 Å². The van der Waals surface area contributed by atoms with Crippen molar-refractivity contribution in [1.82, 2.24) is 0 Å². The second kappa shape index (κ2) is 13.3. The lowest BCUT2D eigenvalue weighted by Crippen LogP contribution is -2.10. The van der Waals surface area contributed by atoms with Crippen LogP contribution in [-0.4, -0.2) is 0 Å². The van der Waals surface area contributed by atoms with Crippen molar-refractivity contribution < 1.29 is 11.0 Å². The van der Waals surface area contributed by atoms with E-state index in [0.29, 0.717) is 22.2 Å². The molecule has 1 heteroatoms. The highest BCUT2D eigenvalue weighted by atomic mass is 15.1. The van der Waals surface area contributed by atoms with Crippen LogP contribution in [0.15, 0.2) is 212 Å². The van der Waals surface area contributed by atoms with E-state index in [2.05, 4.69) is 0 Å². The van der Waals surface area contributed by atoms with Gasteiger partial charge in [0.2, 0.25) is 0 Å². The van der Waals surface area contributed by atoms with Crippen LogP contribution in [0.1, 0.15) is 11.0 Å². The lowest BCUT2D eigenvalue weighted by atomic mass is 9.95. The van der Waals surface area contributed by atoms with Crippen LogP contribution in [0.3, 0.4) is 0 Å². The van der Waals surface area contributed by atoms with Gasteiger partial charge in [-0.25, -0.2) is 0 Å². The average Bonchev–Trinajstić information content (AvgIpc) is 3.27. The van der Waals surface area contributed by atoms with E-state index in [9.17, 15) is 11.0 Å². The first-order chi connectivity index (χ1) is 28.6. The van der Waals surface area contributed by atoms with Gasteiger partial charge in [-0.05, 0) is 97.0 Å². The van der Waals surface area contributed by atoms with E-state index < -0.39 is 0 Å². The van der Waals surface area contributed by atoms with Crippen molar-refractivity contribution in [2.75, 3.05) is 4.90 Å². The van der Waals surface area contributed by atoms with Crippen molar-refractivity contribution in [2.45, 2.75) is 0 Å². The van der Waals surface area contributed by atoms with Crippen LogP contribution in [0.25, 0.3) is 66.1 Å². The Hall–Kier alpha value is -6.70. The number of benzene rings is 9. The fourth-order valence-corrected chi connectivity index (χ4v) is 6.66. The first-order valence-corrected chi connectivity index (χ1v) is 16.9. The van der Waals surface area contributed by atoms with E-state index in [4.69, 9.17) is 0 Å². The number of fused-ring (bicyclic) bond motifs is 2. The molecule has 0 aromatic heterocycles. The molecule has 240 valence electrons. The van der Waals surface area contributed by atoms with Crippen molar-refractivity contribution >= 4 is 38.6 Å². The van der Waals surface area contributed by atoms with E-state index >= 15 is 0 Å². The maximum atomic E-state index is 9.55. The van der Waals surface area contributed by atoms with Crippen molar-refractivity contribution in [3.05, 3.63) is 212 Å². The van der Waals surface area contributed by atoms with Crippen molar-refractivity contribution in [1.29, 1.82) is 0 Å². The first-order valence-electron chi connectivity index (χ1n) is 20.9. The average molecular weight is 658 g/mol. The van der Waals surface area contributed by atoms with Gasteiger partial charge in [0.15, 0.2) is 0 Å². The van der Waals surface area contributed by atoms with E-state index in [1.54, 1.807) is 30.3 Å². The Balaban J connectivity index is 1.24. The smallest absolute Gasteiger partial charge is 0.0645 e. The Bertz CT molecular complexity index is 3020. The summed E-state index contributed by atoms with van der Waals surface area (Å²) in [5, 5.41) is 3.58. The molecule has 1 nitrogen and oxygen atoms in total.